The Bertz CT molecular complexity index is 631. The van der Waals surface area contributed by atoms with Crippen LogP contribution < -0.4 is 4.74 Å². The lowest BCUT2D eigenvalue weighted by atomic mass is 9.95. The summed E-state index contributed by atoms with van der Waals surface area (Å²) in [6.07, 6.45) is 6.62. The normalized spacial score (nSPS) is 22.7. The van der Waals surface area contributed by atoms with Gasteiger partial charge in [0.25, 0.3) is 0 Å². The lowest BCUT2D eigenvalue weighted by Gasteiger charge is -2.36. The standard InChI is InChI=1S/C21H30N2O3/c1-17(24)22-12-5-9-21(25)23-13-3-2-7-19(23)11-10-18-6-4-8-20(16-18)26-15-14-22/h4,6,8,16,19H,2-3,5,7,9-15H2,1H3. The summed E-state index contributed by atoms with van der Waals surface area (Å²) in [5.41, 5.74) is 1.25. The Morgan fingerprint density at radius 3 is 2.81 bits per heavy atom. The predicted octanol–water partition coefficient (Wildman–Crippen LogP) is 3.02. The van der Waals surface area contributed by atoms with E-state index in [4.69, 9.17) is 4.74 Å². The van der Waals surface area contributed by atoms with E-state index in [0.717, 1.165) is 44.4 Å². The number of hydrogen-bond acceptors (Lipinski definition) is 3. The lowest BCUT2D eigenvalue weighted by Crippen LogP contribution is -2.44. The fourth-order valence-corrected chi connectivity index (χ4v) is 4.02. The van der Waals surface area contributed by atoms with Gasteiger partial charge in [0.2, 0.25) is 11.8 Å². The van der Waals surface area contributed by atoms with Crippen LogP contribution in [0, 0.1) is 0 Å². The van der Waals surface area contributed by atoms with Crippen LogP contribution in [0.4, 0.5) is 0 Å². The number of rotatable bonds is 0. The Labute approximate surface area is 156 Å². The highest BCUT2D eigenvalue weighted by Gasteiger charge is 2.26. The van der Waals surface area contributed by atoms with E-state index in [2.05, 4.69) is 17.0 Å². The summed E-state index contributed by atoms with van der Waals surface area (Å²) in [6.45, 7) is 4.11. The molecule has 0 aromatic heterocycles. The van der Waals surface area contributed by atoms with Crippen LogP contribution in [0.25, 0.3) is 0 Å². The van der Waals surface area contributed by atoms with Crippen molar-refractivity contribution in [1.82, 2.24) is 9.80 Å². The maximum atomic E-state index is 12.7. The van der Waals surface area contributed by atoms with E-state index < -0.39 is 0 Å². The Kier molecular flexibility index (Phi) is 6.53. The first-order valence-electron chi connectivity index (χ1n) is 9.90. The molecule has 2 aliphatic rings. The quantitative estimate of drug-likeness (QED) is 0.716. The molecule has 2 aliphatic heterocycles. The average molecular weight is 358 g/mol. The highest BCUT2D eigenvalue weighted by molar-refractivity contribution is 5.77. The van der Waals surface area contributed by atoms with Gasteiger partial charge in [-0.15, -0.1) is 0 Å². The van der Waals surface area contributed by atoms with E-state index in [1.54, 1.807) is 11.8 Å². The molecule has 0 aliphatic carbocycles. The first kappa shape index (κ1) is 18.7. The van der Waals surface area contributed by atoms with Gasteiger partial charge >= 0.3 is 0 Å². The molecule has 1 unspecified atom stereocenters. The molecule has 0 spiro atoms. The van der Waals surface area contributed by atoms with Gasteiger partial charge in [-0.1, -0.05) is 12.1 Å². The molecule has 0 radical (unpaired) electrons. The molecular formula is C21H30N2O3. The zero-order valence-corrected chi connectivity index (χ0v) is 15.8. The molecule has 1 aromatic carbocycles. The minimum absolute atomic E-state index is 0.0370. The number of hydrogen-bond donors (Lipinski definition) is 0. The molecule has 2 heterocycles. The van der Waals surface area contributed by atoms with Crippen LogP contribution in [0.5, 0.6) is 5.75 Å². The van der Waals surface area contributed by atoms with Crippen LogP contribution >= 0.6 is 0 Å². The largest absolute Gasteiger partial charge is 0.492 e. The van der Waals surface area contributed by atoms with Crippen molar-refractivity contribution < 1.29 is 14.3 Å². The van der Waals surface area contributed by atoms with E-state index in [1.165, 1.54) is 12.0 Å². The minimum Gasteiger partial charge on any atom is -0.492 e. The molecule has 26 heavy (non-hydrogen) atoms. The molecule has 142 valence electrons. The topological polar surface area (TPSA) is 49.9 Å². The summed E-state index contributed by atoms with van der Waals surface area (Å²) in [4.78, 5) is 28.5. The number of piperidine rings is 1. The van der Waals surface area contributed by atoms with Gasteiger partial charge in [0.1, 0.15) is 12.4 Å². The van der Waals surface area contributed by atoms with Crippen molar-refractivity contribution in [2.75, 3.05) is 26.2 Å². The van der Waals surface area contributed by atoms with Gasteiger partial charge in [-0.05, 0) is 56.2 Å². The van der Waals surface area contributed by atoms with Crippen molar-refractivity contribution in [2.45, 2.75) is 57.9 Å². The smallest absolute Gasteiger partial charge is 0.222 e. The molecule has 3 rings (SSSR count). The molecule has 1 aromatic rings. The first-order valence-corrected chi connectivity index (χ1v) is 9.90. The van der Waals surface area contributed by atoms with Crippen LogP contribution in [0.15, 0.2) is 24.3 Å². The molecule has 2 amide bonds. The molecule has 5 nitrogen and oxygen atoms in total. The number of nitrogens with zero attached hydrogens (tertiary/aromatic N) is 2. The van der Waals surface area contributed by atoms with Gasteiger partial charge < -0.3 is 14.5 Å². The maximum Gasteiger partial charge on any atom is 0.222 e. The Morgan fingerprint density at radius 1 is 1.08 bits per heavy atom. The third kappa shape index (κ3) is 4.99. The van der Waals surface area contributed by atoms with Crippen LogP contribution in [-0.4, -0.2) is 53.9 Å². The SMILES string of the molecule is CC(=O)N1CCCC(=O)N2CCCCC2CCc2cccc(c2)OCC1. The van der Waals surface area contributed by atoms with E-state index >= 15 is 0 Å². The minimum atomic E-state index is 0.0370. The van der Waals surface area contributed by atoms with Crippen LogP contribution in [-0.2, 0) is 16.0 Å². The average Bonchev–Trinajstić information content (AvgIpc) is 2.65. The molecule has 0 saturated carbocycles. The fraction of sp³-hybridized carbons (Fsp3) is 0.619. The van der Waals surface area contributed by atoms with Gasteiger partial charge in [-0.25, -0.2) is 0 Å². The summed E-state index contributed by atoms with van der Waals surface area (Å²) in [6, 6.07) is 8.55. The summed E-state index contributed by atoms with van der Waals surface area (Å²) in [5, 5.41) is 0. The molecule has 1 atom stereocenters. The van der Waals surface area contributed by atoms with E-state index in [0.29, 0.717) is 32.2 Å². The second-order valence-corrected chi connectivity index (χ2v) is 7.38. The Balaban J connectivity index is 1.76. The van der Waals surface area contributed by atoms with Crippen LogP contribution in [0.3, 0.4) is 0 Å². The molecule has 5 heteroatoms. The van der Waals surface area contributed by atoms with E-state index in [1.807, 2.05) is 12.1 Å². The van der Waals surface area contributed by atoms with Crippen molar-refractivity contribution in [3.63, 3.8) is 0 Å². The monoisotopic (exact) mass is 358 g/mol. The third-order valence-corrected chi connectivity index (χ3v) is 5.51. The van der Waals surface area contributed by atoms with Crippen molar-refractivity contribution >= 4 is 11.8 Å². The molecule has 2 bridgehead atoms. The first-order chi connectivity index (χ1) is 12.6. The number of fused-ring (bicyclic) bond motifs is 3. The summed E-state index contributed by atoms with van der Waals surface area (Å²) >= 11 is 0. The number of ether oxygens (including phenoxy) is 1. The predicted molar refractivity (Wildman–Crippen MR) is 101 cm³/mol. The van der Waals surface area contributed by atoms with Gasteiger partial charge in [0.05, 0.1) is 6.54 Å². The molecular weight excluding hydrogens is 328 g/mol. The van der Waals surface area contributed by atoms with Gasteiger partial charge in [-0.2, -0.15) is 0 Å². The van der Waals surface area contributed by atoms with Crippen molar-refractivity contribution in [2.24, 2.45) is 0 Å². The van der Waals surface area contributed by atoms with Crippen LogP contribution in [0.2, 0.25) is 0 Å². The Morgan fingerprint density at radius 2 is 1.96 bits per heavy atom. The molecule has 1 saturated heterocycles. The zero-order valence-electron chi connectivity index (χ0n) is 15.8. The Hall–Kier alpha value is -2.04. The summed E-state index contributed by atoms with van der Waals surface area (Å²) in [7, 11) is 0. The number of amides is 2. The molecule has 0 N–H and O–H groups in total. The highest BCUT2D eigenvalue weighted by atomic mass is 16.5. The number of benzene rings is 1. The highest BCUT2D eigenvalue weighted by Crippen LogP contribution is 2.24. The van der Waals surface area contributed by atoms with E-state index in [9.17, 15) is 9.59 Å². The second-order valence-electron chi connectivity index (χ2n) is 7.38. The second kappa shape index (κ2) is 9.06. The third-order valence-electron chi connectivity index (χ3n) is 5.51. The molecule has 1 fully saturated rings. The number of carbonyl (C=O) groups is 2. The van der Waals surface area contributed by atoms with Gasteiger partial charge in [0, 0.05) is 32.5 Å². The van der Waals surface area contributed by atoms with Crippen molar-refractivity contribution in [3.8, 4) is 5.75 Å². The lowest BCUT2D eigenvalue weighted by molar-refractivity contribution is -0.136. The summed E-state index contributed by atoms with van der Waals surface area (Å²) in [5.74, 6) is 1.14. The maximum absolute atomic E-state index is 12.7. The summed E-state index contributed by atoms with van der Waals surface area (Å²) < 4.78 is 5.86. The van der Waals surface area contributed by atoms with Crippen LogP contribution in [0.1, 0.15) is 51.0 Å². The number of aryl methyl sites for hydroxylation is 1. The van der Waals surface area contributed by atoms with E-state index in [-0.39, 0.29) is 11.8 Å². The van der Waals surface area contributed by atoms with Gasteiger partial charge in [-0.3, -0.25) is 9.59 Å². The van der Waals surface area contributed by atoms with Crippen molar-refractivity contribution in [1.29, 1.82) is 0 Å². The fourth-order valence-electron chi connectivity index (χ4n) is 4.02. The zero-order chi connectivity index (χ0) is 18.4. The van der Waals surface area contributed by atoms with Crippen molar-refractivity contribution in [3.05, 3.63) is 29.8 Å². The number of carbonyl (C=O) groups excluding carboxylic acids is 2. The van der Waals surface area contributed by atoms with Gasteiger partial charge in [0.15, 0.2) is 0 Å².